The van der Waals surface area contributed by atoms with Crippen molar-refractivity contribution in [2.45, 2.75) is 6.61 Å². The normalized spacial score (nSPS) is 11.0. The summed E-state index contributed by atoms with van der Waals surface area (Å²) in [6.07, 6.45) is 1.42. The van der Waals surface area contributed by atoms with Crippen LogP contribution in [-0.2, 0) is 11.4 Å². The summed E-state index contributed by atoms with van der Waals surface area (Å²) in [7, 11) is 0. The molecule has 3 rings (SSSR count). The fourth-order valence-corrected chi connectivity index (χ4v) is 3.89. The van der Waals surface area contributed by atoms with Gasteiger partial charge in [0.1, 0.15) is 18.2 Å². The van der Waals surface area contributed by atoms with E-state index in [1.807, 2.05) is 36.4 Å². The van der Waals surface area contributed by atoms with Crippen molar-refractivity contribution in [3.8, 4) is 11.8 Å². The predicted octanol–water partition coefficient (Wildman–Crippen LogP) is 7.64. The van der Waals surface area contributed by atoms with Crippen LogP contribution in [0.1, 0.15) is 11.1 Å². The molecule has 4 nitrogen and oxygen atoms in total. The topological polar surface area (TPSA) is 62.1 Å². The highest BCUT2D eigenvalue weighted by molar-refractivity contribution is 9.10. The number of ether oxygens (including phenoxy) is 1. The average molecular weight is 581 g/mol. The lowest BCUT2D eigenvalue weighted by Crippen LogP contribution is -2.13. The van der Waals surface area contributed by atoms with Crippen molar-refractivity contribution in [1.29, 1.82) is 5.26 Å². The monoisotopic (exact) mass is 578 g/mol. The van der Waals surface area contributed by atoms with Gasteiger partial charge in [0.25, 0.3) is 5.91 Å². The van der Waals surface area contributed by atoms with E-state index < -0.39 is 5.91 Å². The molecule has 0 aliphatic carbocycles. The van der Waals surface area contributed by atoms with E-state index in [1.165, 1.54) is 6.08 Å². The molecule has 1 amide bonds. The third kappa shape index (κ3) is 6.59. The summed E-state index contributed by atoms with van der Waals surface area (Å²) in [6.45, 7) is 0.292. The van der Waals surface area contributed by atoms with Gasteiger partial charge in [-0.15, -0.1) is 0 Å². The van der Waals surface area contributed by atoms with E-state index in [1.54, 1.807) is 30.3 Å². The lowest BCUT2D eigenvalue weighted by Gasteiger charge is -2.11. The van der Waals surface area contributed by atoms with Gasteiger partial charge in [0, 0.05) is 14.6 Å². The fourth-order valence-electron chi connectivity index (χ4n) is 2.62. The molecule has 1 N–H and O–H groups in total. The second-order valence-corrected chi connectivity index (χ2v) is 9.01. The molecule has 0 saturated carbocycles. The summed E-state index contributed by atoms with van der Waals surface area (Å²) in [6, 6.07) is 19.8. The number of rotatable bonds is 6. The maximum Gasteiger partial charge on any atom is 0.266 e. The summed E-state index contributed by atoms with van der Waals surface area (Å²) in [4.78, 5) is 12.5. The smallest absolute Gasteiger partial charge is 0.266 e. The number of benzene rings is 3. The third-order valence-electron chi connectivity index (χ3n) is 4.08. The second kappa shape index (κ2) is 10.8. The average Bonchev–Trinajstić information content (AvgIpc) is 2.72. The quantitative estimate of drug-likeness (QED) is 0.241. The maximum absolute atomic E-state index is 12.5. The van der Waals surface area contributed by atoms with Gasteiger partial charge in [0.15, 0.2) is 5.75 Å². The molecule has 0 bridgehead atoms. The first kappa shape index (κ1) is 23.4. The van der Waals surface area contributed by atoms with Crippen molar-refractivity contribution >= 4 is 72.7 Å². The van der Waals surface area contributed by atoms with Crippen LogP contribution in [0.5, 0.6) is 5.75 Å². The Kier molecular flexibility index (Phi) is 8.16. The summed E-state index contributed by atoms with van der Waals surface area (Å²) in [5, 5.41) is 12.7. The predicted molar refractivity (Wildman–Crippen MR) is 131 cm³/mol. The van der Waals surface area contributed by atoms with Crippen LogP contribution in [0.4, 0.5) is 5.69 Å². The number of amides is 1. The van der Waals surface area contributed by atoms with Gasteiger partial charge in [0.2, 0.25) is 0 Å². The number of hydrogen-bond donors (Lipinski definition) is 1. The minimum Gasteiger partial charge on any atom is -0.486 e. The first-order chi connectivity index (χ1) is 14.9. The van der Waals surface area contributed by atoms with Gasteiger partial charge in [-0.3, -0.25) is 4.79 Å². The van der Waals surface area contributed by atoms with Gasteiger partial charge < -0.3 is 10.1 Å². The molecular formula is C23H14Br2Cl2N2O2. The highest BCUT2D eigenvalue weighted by Crippen LogP contribution is 2.35. The molecule has 0 saturated heterocycles. The third-order valence-corrected chi connectivity index (χ3v) is 5.66. The van der Waals surface area contributed by atoms with E-state index in [0.717, 1.165) is 14.5 Å². The highest BCUT2D eigenvalue weighted by atomic mass is 79.9. The van der Waals surface area contributed by atoms with Gasteiger partial charge in [-0.2, -0.15) is 5.26 Å². The molecule has 3 aromatic carbocycles. The van der Waals surface area contributed by atoms with Crippen LogP contribution in [0.25, 0.3) is 6.08 Å². The van der Waals surface area contributed by atoms with Crippen LogP contribution in [0.15, 0.2) is 75.2 Å². The molecule has 3 aromatic rings. The Morgan fingerprint density at radius 3 is 2.32 bits per heavy atom. The van der Waals surface area contributed by atoms with E-state index in [0.29, 0.717) is 23.6 Å². The summed E-state index contributed by atoms with van der Waals surface area (Å²) < 4.78 is 7.55. The molecule has 156 valence electrons. The van der Waals surface area contributed by atoms with E-state index >= 15 is 0 Å². The van der Waals surface area contributed by atoms with Gasteiger partial charge in [-0.1, -0.05) is 73.3 Å². The summed E-state index contributed by atoms with van der Waals surface area (Å²) in [5.41, 5.74) is 1.94. The molecule has 0 radical (unpaired) electrons. The molecule has 0 spiro atoms. The molecule has 0 aliphatic heterocycles. The van der Waals surface area contributed by atoms with Gasteiger partial charge in [-0.25, -0.2) is 0 Å². The highest BCUT2D eigenvalue weighted by Gasteiger charge is 2.13. The molecule has 0 aliphatic rings. The van der Waals surface area contributed by atoms with Crippen LogP contribution >= 0.6 is 55.1 Å². The van der Waals surface area contributed by atoms with Crippen molar-refractivity contribution in [2.75, 3.05) is 5.32 Å². The van der Waals surface area contributed by atoms with Gasteiger partial charge >= 0.3 is 0 Å². The zero-order chi connectivity index (χ0) is 22.4. The minimum atomic E-state index is -0.539. The standard InChI is InChI=1S/C23H14Br2Cl2N2O2/c24-17-6-4-14(5-7-17)13-31-22-20(26)9-15(10-21(22)27)8-16(12-28)23(30)29-19-3-1-2-18(25)11-19/h1-11H,13H2,(H,29,30)/b16-8-. The van der Waals surface area contributed by atoms with E-state index in [4.69, 9.17) is 27.9 Å². The zero-order valence-electron chi connectivity index (χ0n) is 15.8. The second-order valence-electron chi connectivity index (χ2n) is 6.36. The molecule has 0 fully saturated rings. The van der Waals surface area contributed by atoms with Crippen molar-refractivity contribution in [3.05, 3.63) is 96.4 Å². The zero-order valence-corrected chi connectivity index (χ0v) is 20.5. The Morgan fingerprint density at radius 2 is 1.71 bits per heavy atom. The molecular weight excluding hydrogens is 567 g/mol. The van der Waals surface area contributed by atoms with Gasteiger partial charge in [-0.05, 0) is 59.7 Å². The SMILES string of the molecule is N#C/C(=C/c1cc(Cl)c(OCc2ccc(Br)cc2)c(Cl)c1)C(=O)Nc1cccc(Br)c1. The van der Waals surface area contributed by atoms with Crippen LogP contribution in [-0.4, -0.2) is 5.91 Å². The number of nitriles is 1. The van der Waals surface area contributed by atoms with Crippen molar-refractivity contribution in [2.24, 2.45) is 0 Å². The van der Waals surface area contributed by atoms with Crippen molar-refractivity contribution in [1.82, 2.24) is 0 Å². The maximum atomic E-state index is 12.5. The number of halogens is 4. The number of carbonyl (C=O) groups excluding carboxylic acids is 1. The van der Waals surface area contributed by atoms with Crippen LogP contribution < -0.4 is 10.1 Å². The van der Waals surface area contributed by atoms with E-state index in [-0.39, 0.29) is 15.6 Å². The van der Waals surface area contributed by atoms with Crippen molar-refractivity contribution in [3.63, 3.8) is 0 Å². The Balaban J connectivity index is 1.76. The molecule has 31 heavy (non-hydrogen) atoms. The Bertz CT molecular complexity index is 1170. The number of carbonyl (C=O) groups is 1. The van der Waals surface area contributed by atoms with Crippen LogP contribution in [0, 0.1) is 11.3 Å². The number of anilines is 1. The fraction of sp³-hybridized carbons (Fsp3) is 0.0435. The lowest BCUT2D eigenvalue weighted by atomic mass is 10.1. The first-order valence-corrected chi connectivity index (χ1v) is 11.2. The Labute approximate surface area is 206 Å². The number of hydrogen-bond acceptors (Lipinski definition) is 3. The summed E-state index contributed by atoms with van der Waals surface area (Å²) in [5.74, 6) is -0.205. The molecule has 0 unspecified atom stereocenters. The van der Waals surface area contributed by atoms with Crippen LogP contribution in [0.3, 0.4) is 0 Å². The van der Waals surface area contributed by atoms with Crippen LogP contribution in [0.2, 0.25) is 10.0 Å². The molecule has 0 heterocycles. The van der Waals surface area contributed by atoms with E-state index in [2.05, 4.69) is 37.2 Å². The largest absolute Gasteiger partial charge is 0.486 e. The van der Waals surface area contributed by atoms with Gasteiger partial charge in [0.05, 0.1) is 10.0 Å². The number of nitrogens with one attached hydrogen (secondary N) is 1. The number of nitrogens with zero attached hydrogens (tertiary/aromatic N) is 1. The minimum absolute atomic E-state index is 0.0874. The Hall–Kier alpha value is -2.30. The van der Waals surface area contributed by atoms with Crippen molar-refractivity contribution < 1.29 is 9.53 Å². The molecule has 0 atom stereocenters. The Morgan fingerprint density at radius 1 is 1.03 bits per heavy atom. The molecule has 0 aromatic heterocycles. The lowest BCUT2D eigenvalue weighted by molar-refractivity contribution is -0.112. The first-order valence-electron chi connectivity index (χ1n) is 8.90. The summed E-state index contributed by atoms with van der Waals surface area (Å²) >= 11 is 19.4. The van der Waals surface area contributed by atoms with E-state index in [9.17, 15) is 10.1 Å². The molecule has 8 heteroatoms.